The Bertz CT molecular complexity index is 766. The second-order valence-electron chi connectivity index (χ2n) is 8.08. The van der Waals surface area contributed by atoms with Crippen molar-refractivity contribution in [2.45, 2.75) is 25.3 Å². The minimum absolute atomic E-state index is 0.254. The van der Waals surface area contributed by atoms with Crippen LogP contribution in [0.4, 0.5) is 0 Å². The molecule has 0 radical (unpaired) electrons. The largest absolute Gasteiger partial charge is 0.354 e. The Morgan fingerprint density at radius 1 is 1.32 bits per heavy atom. The highest BCUT2D eigenvalue weighted by molar-refractivity contribution is 5.80. The van der Waals surface area contributed by atoms with Crippen molar-refractivity contribution in [1.82, 2.24) is 24.9 Å². The standard InChI is InChI=1S/C22H34N6/c1-17-15-28(12-11-20(17)18-9-7-6-8-10-18)22(23-2)24-14-21(26(3)4)19-13-25-27(5)16-19/h6-10,13,16-17,20-21H,11-12,14-15H2,1-5H3,(H,23,24). The number of likely N-dealkylation sites (tertiary alicyclic amines) is 1. The third kappa shape index (κ3) is 4.73. The highest BCUT2D eigenvalue weighted by atomic mass is 15.3. The summed E-state index contributed by atoms with van der Waals surface area (Å²) in [5, 5.41) is 7.93. The lowest BCUT2D eigenvalue weighted by Gasteiger charge is -2.39. The van der Waals surface area contributed by atoms with Crippen molar-refractivity contribution < 1.29 is 0 Å². The summed E-state index contributed by atoms with van der Waals surface area (Å²) in [4.78, 5) is 9.19. The number of hydrogen-bond acceptors (Lipinski definition) is 3. The molecule has 6 heteroatoms. The van der Waals surface area contributed by atoms with Gasteiger partial charge in [-0.15, -0.1) is 0 Å². The molecule has 1 aromatic carbocycles. The van der Waals surface area contributed by atoms with Crippen molar-refractivity contribution >= 4 is 5.96 Å². The summed E-state index contributed by atoms with van der Waals surface area (Å²) in [5.41, 5.74) is 2.67. The Morgan fingerprint density at radius 3 is 2.64 bits per heavy atom. The summed E-state index contributed by atoms with van der Waals surface area (Å²) in [7, 11) is 8.05. The summed E-state index contributed by atoms with van der Waals surface area (Å²) < 4.78 is 1.86. The molecule has 2 aromatic rings. The Labute approximate surface area is 169 Å². The van der Waals surface area contributed by atoms with E-state index in [9.17, 15) is 0 Å². The first-order valence-corrected chi connectivity index (χ1v) is 10.1. The Balaban J connectivity index is 1.61. The second-order valence-corrected chi connectivity index (χ2v) is 8.08. The van der Waals surface area contributed by atoms with Gasteiger partial charge in [0, 0.05) is 45.5 Å². The molecular formula is C22H34N6. The number of aliphatic imine (C=N–C) groups is 1. The SMILES string of the molecule is CN=C(NCC(c1cnn(C)c1)N(C)C)N1CCC(c2ccccc2)C(C)C1. The molecule has 1 aromatic heterocycles. The van der Waals surface area contributed by atoms with Crippen molar-refractivity contribution in [3.63, 3.8) is 0 Å². The first kappa shape index (κ1) is 20.4. The van der Waals surface area contributed by atoms with Crippen molar-refractivity contribution in [2.24, 2.45) is 18.0 Å². The number of piperidine rings is 1. The normalized spacial score (nSPS) is 21.8. The molecule has 0 amide bonds. The number of likely N-dealkylation sites (N-methyl/N-ethyl adjacent to an activating group) is 1. The van der Waals surface area contributed by atoms with Crippen LogP contribution in [0.1, 0.15) is 36.4 Å². The van der Waals surface area contributed by atoms with Gasteiger partial charge in [0.05, 0.1) is 12.2 Å². The smallest absolute Gasteiger partial charge is 0.193 e. The second kappa shape index (κ2) is 9.24. The number of nitrogens with one attached hydrogen (secondary N) is 1. The maximum Gasteiger partial charge on any atom is 0.193 e. The fraction of sp³-hybridized carbons (Fsp3) is 0.545. The molecule has 3 unspecified atom stereocenters. The average Bonchev–Trinajstić information content (AvgIpc) is 3.11. The minimum Gasteiger partial charge on any atom is -0.354 e. The van der Waals surface area contributed by atoms with Crippen LogP contribution in [0.3, 0.4) is 0 Å². The quantitative estimate of drug-likeness (QED) is 0.638. The van der Waals surface area contributed by atoms with Gasteiger partial charge >= 0.3 is 0 Å². The van der Waals surface area contributed by atoms with E-state index < -0.39 is 0 Å². The van der Waals surface area contributed by atoms with Crippen LogP contribution in [-0.2, 0) is 7.05 Å². The van der Waals surface area contributed by atoms with Crippen LogP contribution >= 0.6 is 0 Å². The fourth-order valence-electron chi connectivity index (χ4n) is 4.26. The lowest BCUT2D eigenvalue weighted by molar-refractivity contribution is 0.231. The molecule has 1 saturated heterocycles. The summed E-state index contributed by atoms with van der Waals surface area (Å²) in [5.74, 6) is 2.22. The maximum absolute atomic E-state index is 4.57. The highest BCUT2D eigenvalue weighted by Crippen LogP contribution is 2.32. The van der Waals surface area contributed by atoms with Gasteiger partial charge in [-0.2, -0.15) is 5.10 Å². The number of benzene rings is 1. The summed E-state index contributed by atoms with van der Waals surface area (Å²) in [6.45, 7) is 5.22. The zero-order valence-corrected chi connectivity index (χ0v) is 17.8. The van der Waals surface area contributed by atoms with Crippen LogP contribution in [0.5, 0.6) is 0 Å². The molecule has 2 heterocycles. The van der Waals surface area contributed by atoms with Crippen molar-refractivity contribution in [2.75, 3.05) is 40.8 Å². The van der Waals surface area contributed by atoms with Crippen LogP contribution < -0.4 is 5.32 Å². The topological polar surface area (TPSA) is 48.7 Å². The third-order valence-corrected chi connectivity index (χ3v) is 5.83. The zero-order valence-electron chi connectivity index (χ0n) is 17.8. The number of nitrogens with zero attached hydrogens (tertiary/aromatic N) is 5. The van der Waals surface area contributed by atoms with Crippen LogP contribution in [0.15, 0.2) is 47.7 Å². The molecule has 3 rings (SSSR count). The molecule has 0 bridgehead atoms. The van der Waals surface area contributed by atoms with Gasteiger partial charge in [0.25, 0.3) is 0 Å². The highest BCUT2D eigenvalue weighted by Gasteiger charge is 2.29. The van der Waals surface area contributed by atoms with Gasteiger partial charge in [-0.05, 0) is 37.9 Å². The van der Waals surface area contributed by atoms with Crippen molar-refractivity contribution in [3.8, 4) is 0 Å². The van der Waals surface area contributed by atoms with Gasteiger partial charge in [-0.1, -0.05) is 37.3 Å². The van der Waals surface area contributed by atoms with Crippen LogP contribution in [0.25, 0.3) is 0 Å². The molecule has 1 aliphatic heterocycles. The van der Waals surface area contributed by atoms with E-state index in [1.165, 1.54) is 11.1 Å². The van der Waals surface area contributed by atoms with Crippen molar-refractivity contribution in [1.29, 1.82) is 0 Å². The van der Waals surface area contributed by atoms with E-state index in [0.29, 0.717) is 11.8 Å². The third-order valence-electron chi connectivity index (χ3n) is 5.83. The van der Waals surface area contributed by atoms with Crippen LogP contribution in [0, 0.1) is 5.92 Å². The number of aryl methyl sites for hydroxylation is 1. The van der Waals surface area contributed by atoms with E-state index in [4.69, 9.17) is 0 Å². The molecule has 28 heavy (non-hydrogen) atoms. The van der Waals surface area contributed by atoms with Gasteiger partial charge in [0.15, 0.2) is 5.96 Å². The molecule has 1 aliphatic rings. The van der Waals surface area contributed by atoms with E-state index in [-0.39, 0.29) is 6.04 Å². The lowest BCUT2D eigenvalue weighted by atomic mass is 9.82. The van der Waals surface area contributed by atoms with Gasteiger partial charge in [0.2, 0.25) is 0 Å². The number of aromatic nitrogens is 2. The molecule has 3 atom stereocenters. The predicted octanol–water partition coefficient (Wildman–Crippen LogP) is 2.72. The lowest BCUT2D eigenvalue weighted by Crippen LogP contribution is -2.49. The average molecular weight is 383 g/mol. The van der Waals surface area contributed by atoms with Crippen LogP contribution in [0.2, 0.25) is 0 Å². The molecule has 1 fully saturated rings. The molecule has 0 aliphatic carbocycles. The van der Waals surface area contributed by atoms with E-state index >= 15 is 0 Å². The maximum atomic E-state index is 4.57. The van der Waals surface area contributed by atoms with Crippen LogP contribution in [-0.4, -0.2) is 66.3 Å². The van der Waals surface area contributed by atoms with E-state index in [2.05, 4.69) is 82.8 Å². The van der Waals surface area contributed by atoms with Gasteiger partial charge in [-0.3, -0.25) is 9.67 Å². The molecular weight excluding hydrogens is 348 g/mol. The van der Waals surface area contributed by atoms with E-state index in [1.54, 1.807) is 0 Å². The minimum atomic E-state index is 0.254. The van der Waals surface area contributed by atoms with Crippen molar-refractivity contribution in [3.05, 3.63) is 53.9 Å². The van der Waals surface area contributed by atoms with E-state index in [0.717, 1.165) is 32.0 Å². The first-order chi connectivity index (χ1) is 13.5. The number of hydrogen-bond donors (Lipinski definition) is 1. The summed E-state index contributed by atoms with van der Waals surface area (Å²) in [6, 6.07) is 11.2. The Morgan fingerprint density at radius 2 is 2.07 bits per heavy atom. The van der Waals surface area contributed by atoms with Gasteiger partial charge in [-0.25, -0.2) is 0 Å². The number of rotatable bonds is 5. The fourth-order valence-corrected chi connectivity index (χ4v) is 4.26. The summed E-state index contributed by atoms with van der Waals surface area (Å²) >= 11 is 0. The predicted molar refractivity (Wildman–Crippen MR) is 116 cm³/mol. The Kier molecular flexibility index (Phi) is 6.73. The molecule has 0 saturated carbocycles. The van der Waals surface area contributed by atoms with Gasteiger partial charge in [0.1, 0.15) is 0 Å². The molecule has 152 valence electrons. The first-order valence-electron chi connectivity index (χ1n) is 10.1. The molecule has 0 spiro atoms. The molecule has 6 nitrogen and oxygen atoms in total. The Hall–Kier alpha value is -2.34. The van der Waals surface area contributed by atoms with E-state index in [1.807, 2.05) is 25.0 Å². The van der Waals surface area contributed by atoms with Gasteiger partial charge < -0.3 is 15.1 Å². The molecule has 1 N–H and O–H groups in total. The monoisotopic (exact) mass is 382 g/mol. The zero-order chi connectivity index (χ0) is 20.1. The number of guanidine groups is 1. The summed E-state index contributed by atoms with van der Waals surface area (Å²) in [6.07, 6.45) is 5.19.